The van der Waals surface area contributed by atoms with Gasteiger partial charge in [-0.3, -0.25) is 9.97 Å². The number of nitrogens with two attached hydrogens (primary N) is 1. The van der Waals surface area contributed by atoms with E-state index >= 15 is 0 Å². The van der Waals surface area contributed by atoms with Crippen molar-refractivity contribution >= 4 is 28.1 Å². The Balaban J connectivity index is 2.09. The molecule has 0 aliphatic carbocycles. The average Bonchev–Trinajstić information content (AvgIpc) is 2.67. The minimum atomic E-state index is 0.102. The van der Waals surface area contributed by atoms with Gasteiger partial charge in [0.2, 0.25) is 0 Å². The summed E-state index contributed by atoms with van der Waals surface area (Å²) in [5, 5.41) is 13.3. The predicted molar refractivity (Wildman–Crippen MR) is 101 cm³/mol. The number of aromatic nitrogens is 3. The molecule has 0 radical (unpaired) electrons. The Morgan fingerprint density at radius 2 is 2.00 bits per heavy atom. The molecule has 0 saturated heterocycles. The molecule has 7 nitrogen and oxygen atoms in total. The van der Waals surface area contributed by atoms with Crippen LogP contribution in [-0.2, 0) is 0 Å². The molecule has 0 aliphatic heterocycles. The first-order chi connectivity index (χ1) is 12.7. The van der Waals surface area contributed by atoms with Crippen LogP contribution in [0.15, 0.2) is 36.9 Å². The van der Waals surface area contributed by atoms with Crippen molar-refractivity contribution in [3.05, 3.63) is 42.5 Å². The van der Waals surface area contributed by atoms with Gasteiger partial charge in [-0.25, -0.2) is 4.98 Å². The van der Waals surface area contributed by atoms with Crippen LogP contribution in [0.2, 0.25) is 0 Å². The number of fused-ring (bicyclic) bond motifs is 1. The molecular formula is C19H20N6O. The maximum Gasteiger partial charge on any atom is 0.148 e. The highest BCUT2D eigenvalue weighted by atomic mass is 16.5. The molecule has 26 heavy (non-hydrogen) atoms. The topological polar surface area (TPSA) is 110 Å². The molecule has 2 heterocycles. The Morgan fingerprint density at radius 3 is 2.65 bits per heavy atom. The number of nitrogens with zero attached hydrogens (tertiary/aromatic N) is 4. The monoisotopic (exact) mass is 348 g/mol. The largest absolute Gasteiger partial charge is 0.488 e. The highest BCUT2D eigenvalue weighted by Crippen LogP contribution is 2.34. The number of pyridine rings is 1. The van der Waals surface area contributed by atoms with Gasteiger partial charge in [0.05, 0.1) is 34.8 Å². The number of rotatable bonds is 6. The number of benzene rings is 1. The minimum absolute atomic E-state index is 0.102. The van der Waals surface area contributed by atoms with Crippen molar-refractivity contribution in [3.8, 4) is 11.8 Å². The Bertz CT molecular complexity index is 948. The van der Waals surface area contributed by atoms with E-state index in [9.17, 15) is 5.26 Å². The van der Waals surface area contributed by atoms with Crippen molar-refractivity contribution in [1.29, 1.82) is 5.26 Å². The first-order valence-corrected chi connectivity index (χ1v) is 8.48. The second-order valence-electron chi connectivity index (χ2n) is 5.84. The number of ether oxygens (including phenoxy) is 1. The summed E-state index contributed by atoms with van der Waals surface area (Å²) >= 11 is 0. The lowest BCUT2D eigenvalue weighted by atomic mass is 10.1. The Kier molecular flexibility index (Phi) is 5.13. The molecule has 0 saturated carbocycles. The molecule has 0 unspecified atom stereocenters. The maximum atomic E-state index is 9.44. The van der Waals surface area contributed by atoms with Crippen LogP contribution >= 0.6 is 0 Å². The van der Waals surface area contributed by atoms with Crippen LogP contribution in [0, 0.1) is 11.3 Å². The normalized spacial score (nSPS) is 10.7. The molecule has 132 valence electrons. The molecule has 3 aromatic rings. The van der Waals surface area contributed by atoms with E-state index in [0.717, 1.165) is 18.2 Å². The van der Waals surface area contributed by atoms with E-state index in [2.05, 4.69) is 40.2 Å². The maximum absolute atomic E-state index is 9.44. The lowest BCUT2D eigenvalue weighted by molar-refractivity contribution is 0.194. The molecule has 0 spiro atoms. The molecule has 1 aromatic carbocycles. The van der Waals surface area contributed by atoms with Gasteiger partial charge in [0.1, 0.15) is 17.6 Å². The molecule has 0 fully saturated rings. The van der Waals surface area contributed by atoms with Gasteiger partial charge < -0.3 is 15.8 Å². The zero-order valence-corrected chi connectivity index (χ0v) is 14.7. The third-order valence-electron chi connectivity index (χ3n) is 4.14. The Labute approximate surface area is 151 Å². The second-order valence-corrected chi connectivity index (χ2v) is 5.84. The fourth-order valence-corrected chi connectivity index (χ4v) is 2.68. The molecule has 3 N–H and O–H groups in total. The molecule has 0 amide bonds. The zero-order chi connectivity index (χ0) is 18.5. The number of nitrogens with one attached hydrogen (secondary N) is 1. The SMILES string of the molecule is CCC(CC)Oc1cc2ncc(C#N)c(Nc3cnccn3)c2cc1N. The smallest absolute Gasteiger partial charge is 0.148 e. The van der Waals surface area contributed by atoms with Crippen molar-refractivity contribution in [2.45, 2.75) is 32.8 Å². The van der Waals surface area contributed by atoms with Gasteiger partial charge >= 0.3 is 0 Å². The number of anilines is 3. The lowest BCUT2D eigenvalue weighted by Gasteiger charge is -2.18. The molecule has 0 aliphatic rings. The van der Waals surface area contributed by atoms with Gasteiger partial charge in [-0.15, -0.1) is 0 Å². The standard InChI is InChI=1S/C19H20N6O/c1-3-13(4-2)26-17-8-16-14(7-15(17)21)19(12(9-20)10-24-16)25-18-11-22-5-6-23-18/h5-8,10-11,13H,3-4,21H2,1-2H3,(H,23,24,25). The number of hydrogen-bond acceptors (Lipinski definition) is 7. The van der Waals surface area contributed by atoms with Crippen LogP contribution in [0.1, 0.15) is 32.3 Å². The Hall–Kier alpha value is -3.40. The number of hydrogen-bond donors (Lipinski definition) is 2. The summed E-state index contributed by atoms with van der Waals surface area (Å²) in [7, 11) is 0. The van der Waals surface area contributed by atoms with Gasteiger partial charge in [-0.05, 0) is 18.9 Å². The van der Waals surface area contributed by atoms with Gasteiger partial charge in [0, 0.05) is 30.0 Å². The Morgan fingerprint density at radius 1 is 1.19 bits per heavy atom. The van der Waals surface area contributed by atoms with Crippen LogP contribution in [0.3, 0.4) is 0 Å². The summed E-state index contributed by atoms with van der Waals surface area (Å²) in [6.45, 7) is 4.15. The van der Waals surface area contributed by atoms with E-state index in [1.165, 1.54) is 6.20 Å². The van der Waals surface area contributed by atoms with Crippen molar-refractivity contribution in [3.63, 3.8) is 0 Å². The third-order valence-corrected chi connectivity index (χ3v) is 4.14. The molecule has 2 aromatic heterocycles. The first-order valence-electron chi connectivity index (χ1n) is 8.48. The predicted octanol–water partition coefficient (Wildman–Crippen LogP) is 3.79. The zero-order valence-electron chi connectivity index (χ0n) is 14.7. The van der Waals surface area contributed by atoms with Crippen LogP contribution in [0.25, 0.3) is 10.9 Å². The summed E-state index contributed by atoms with van der Waals surface area (Å²) < 4.78 is 5.99. The van der Waals surface area contributed by atoms with E-state index in [1.54, 1.807) is 24.7 Å². The lowest BCUT2D eigenvalue weighted by Crippen LogP contribution is -2.14. The van der Waals surface area contributed by atoms with Gasteiger partial charge in [0.25, 0.3) is 0 Å². The summed E-state index contributed by atoms with van der Waals surface area (Å²) in [5.41, 5.74) is 8.39. The van der Waals surface area contributed by atoms with Crippen LogP contribution < -0.4 is 15.8 Å². The summed E-state index contributed by atoms with van der Waals surface area (Å²) in [6.07, 6.45) is 8.17. The quantitative estimate of drug-likeness (QED) is 0.652. The van der Waals surface area contributed by atoms with E-state index in [4.69, 9.17) is 10.5 Å². The van der Waals surface area contributed by atoms with Crippen LogP contribution in [0.5, 0.6) is 5.75 Å². The minimum Gasteiger partial charge on any atom is -0.488 e. The summed E-state index contributed by atoms with van der Waals surface area (Å²) in [4.78, 5) is 12.6. The van der Waals surface area contributed by atoms with Crippen molar-refractivity contribution in [2.24, 2.45) is 0 Å². The second kappa shape index (κ2) is 7.66. The fraction of sp³-hybridized carbons (Fsp3) is 0.263. The van der Waals surface area contributed by atoms with Crippen LogP contribution in [0.4, 0.5) is 17.2 Å². The molecule has 3 rings (SSSR count). The van der Waals surface area contributed by atoms with Crippen molar-refractivity contribution < 1.29 is 4.74 Å². The van der Waals surface area contributed by atoms with E-state index in [0.29, 0.717) is 34.0 Å². The van der Waals surface area contributed by atoms with Crippen molar-refractivity contribution in [2.75, 3.05) is 11.1 Å². The van der Waals surface area contributed by atoms with E-state index in [1.807, 2.05) is 6.07 Å². The van der Waals surface area contributed by atoms with Gasteiger partial charge in [-0.1, -0.05) is 13.8 Å². The average molecular weight is 348 g/mol. The first kappa shape index (κ1) is 17.4. The van der Waals surface area contributed by atoms with Gasteiger partial charge in [0.15, 0.2) is 0 Å². The fourth-order valence-electron chi connectivity index (χ4n) is 2.68. The van der Waals surface area contributed by atoms with Crippen molar-refractivity contribution in [1.82, 2.24) is 15.0 Å². The van der Waals surface area contributed by atoms with Crippen LogP contribution in [-0.4, -0.2) is 21.1 Å². The highest BCUT2D eigenvalue weighted by molar-refractivity contribution is 5.98. The highest BCUT2D eigenvalue weighted by Gasteiger charge is 2.15. The molecular weight excluding hydrogens is 328 g/mol. The summed E-state index contributed by atoms with van der Waals surface area (Å²) in [5.74, 6) is 1.14. The summed E-state index contributed by atoms with van der Waals surface area (Å²) in [6, 6.07) is 5.74. The third kappa shape index (κ3) is 3.49. The molecule has 0 bridgehead atoms. The van der Waals surface area contributed by atoms with E-state index in [-0.39, 0.29) is 6.10 Å². The molecule has 7 heteroatoms. The number of nitriles is 1. The van der Waals surface area contributed by atoms with Gasteiger partial charge in [-0.2, -0.15) is 5.26 Å². The molecule has 0 atom stereocenters. The number of nitrogen functional groups attached to an aromatic ring is 1. The van der Waals surface area contributed by atoms with E-state index < -0.39 is 0 Å².